The number of hydrogen-bond donors (Lipinski definition) is 1. The van der Waals surface area contributed by atoms with Crippen molar-refractivity contribution in [2.24, 2.45) is 5.92 Å². The molecule has 3 heteroatoms. The van der Waals surface area contributed by atoms with Gasteiger partial charge in [-0.3, -0.25) is 0 Å². The molecule has 3 nitrogen and oxygen atoms in total. The Morgan fingerprint density at radius 1 is 1.41 bits per heavy atom. The van der Waals surface area contributed by atoms with E-state index in [1.54, 1.807) is 13.0 Å². The van der Waals surface area contributed by atoms with E-state index in [4.69, 9.17) is 10.5 Å². The first-order valence-corrected chi connectivity index (χ1v) is 6.10. The van der Waals surface area contributed by atoms with Gasteiger partial charge in [0.15, 0.2) is 0 Å². The van der Waals surface area contributed by atoms with Gasteiger partial charge in [0.25, 0.3) is 0 Å². The maximum absolute atomic E-state index is 11.7. The Labute approximate surface area is 103 Å². The average molecular weight is 235 g/mol. The molecule has 0 radical (unpaired) electrons. The maximum atomic E-state index is 11.7. The number of anilines is 1. The molecule has 0 aromatic heterocycles. The molecule has 17 heavy (non-hydrogen) atoms. The van der Waals surface area contributed by atoms with E-state index in [1.165, 1.54) is 0 Å². The van der Waals surface area contributed by atoms with Crippen LogP contribution in [0.15, 0.2) is 18.2 Å². The van der Waals surface area contributed by atoms with E-state index in [9.17, 15) is 4.79 Å². The summed E-state index contributed by atoms with van der Waals surface area (Å²) in [5, 5.41) is 0. The van der Waals surface area contributed by atoms with Gasteiger partial charge in [-0.05, 0) is 37.3 Å². The third kappa shape index (κ3) is 3.77. The average Bonchev–Trinajstić information content (AvgIpc) is 2.27. The molecule has 0 aliphatic carbocycles. The van der Waals surface area contributed by atoms with Crippen molar-refractivity contribution in [3.05, 3.63) is 29.3 Å². The maximum Gasteiger partial charge on any atom is 0.340 e. The second-order valence-corrected chi connectivity index (χ2v) is 4.53. The quantitative estimate of drug-likeness (QED) is 0.630. The van der Waals surface area contributed by atoms with Crippen LogP contribution < -0.4 is 5.73 Å². The van der Waals surface area contributed by atoms with Crippen molar-refractivity contribution in [1.29, 1.82) is 0 Å². The zero-order chi connectivity index (χ0) is 12.8. The third-order valence-electron chi connectivity index (χ3n) is 2.68. The van der Waals surface area contributed by atoms with Crippen LogP contribution in [0.2, 0.25) is 0 Å². The summed E-state index contributed by atoms with van der Waals surface area (Å²) < 4.78 is 4.97. The van der Waals surface area contributed by atoms with Gasteiger partial charge < -0.3 is 10.5 Å². The normalized spacial score (nSPS) is 10.6. The van der Waals surface area contributed by atoms with Crippen molar-refractivity contribution in [3.8, 4) is 0 Å². The highest BCUT2D eigenvalue weighted by atomic mass is 16.5. The number of nitrogen functional groups attached to an aromatic ring is 1. The lowest BCUT2D eigenvalue weighted by Crippen LogP contribution is -2.10. The number of hydrogen-bond acceptors (Lipinski definition) is 3. The molecule has 0 spiro atoms. The van der Waals surface area contributed by atoms with Crippen LogP contribution in [0.25, 0.3) is 0 Å². The number of carbonyl (C=O) groups excluding carboxylic acids is 1. The summed E-state index contributed by atoms with van der Waals surface area (Å²) in [6.07, 6.45) is 1.97. The van der Waals surface area contributed by atoms with Gasteiger partial charge in [-0.15, -0.1) is 0 Å². The van der Waals surface area contributed by atoms with Crippen molar-refractivity contribution >= 4 is 11.7 Å². The molecule has 0 saturated heterocycles. The molecule has 0 saturated carbocycles. The van der Waals surface area contributed by atoms with Crippen molar-refractivity contribution < 1.29 is 9.53 Å². The Kier molecular flexibility index (Phi) is 5.01. The summed E-state index contributed by atoms with van der Waals surface area (Å²) in [5.41, 5.74) is 8.07. The van der Waals surface area contributed by atoms with E-state index in [-0.39, 0.29) is 5.97 Å². The van der Waals surface area contributed by atoms with E-state index in [2.05, 4.69) is 13.8 Å². The monoisotopic (exact) mass is 235 g/mol. The third-order valence-corrected chi connectivity index (χ3v) is 2.68. The number of ether oxygens (including phenoxy) is 1. The molecule has 1 aromatic rings. The first-order chi connectivity index (χ1) is 8.06. The van der Waals surface area contributed by atoms with Crippen molar-refractivity contribution in [2.45, 2.75) is 33.6 Å². The number of para-hydroxylation sites is 1. The summed E-state index contributed by atoms with van der Waals surface area (Å²) in [4.78, 5) is 11.7. The molecule has 1 aromatic carbocycles. The summed E-state index contributed by atoms with van der Waals surface area (Å²) in [6.45, 7) is 6.50. The summed E-state index contributed by atoms with van der Waals surface area (Å²) in [6, 6.07) is 5.55. The SMILES string of the molecule is CCOC(=O)c1cccc(CCC(C)C)c1N. The molecule has 0 amide bonds. The highest BCUT2D eigenvalue weighted by Crippen LogP contribution is 2.21. The molecular formula is C14H21NO2. The molecule has 0 bridgehead atoms. The van der Waals surface area contributed by atoms with E-state index < -0.39 is 0 Å². The standard InChI is InChI=1S/C14H21NO2/c1-4-17-14(16)12-7-5-6-11(13(12)15)9-8-10(2)3/h5-7,10H,4,8-9,15H2,1-3H3. The van der Waals surface area contributed by atoms with E-state index in [0.717, 1.165) is 18.4 Å². The summed E-state index contributed by atoms with van der Waals surface area (Å²) in [5.74, 6) is 0.289. The Morgan fingerprint density at radius 3 is 2.71 bits per heavy atom. The molecule has 1 rings (SSSR count). The van der Waals surface area contributed by atoms with Gasteiger partial charge in [0.05, 0.1) is 12.2 Å². The number of rotatable bonds is 5. The van der Waals surface area contributed by atoms with Gasteiger partial charge >= 0.3 is 5.97 Å². The minimum absolute atomic E-state index is 0.337. The first-order valence-electron chi connectivity index (χ1n) is 6.10. The fourth-order valence-electron chi connectivity index (χ4n) is 1.66. The lowest BCUT2D eigenvalue weighted by Gasteiger charge is -2.11. The summed E-state index contributed by atoms with van der Waals surface area (Å²) in [7, 11) is 0. The summed E-state index contributed by atoms with van der Waals surface area (Å²) >= 11 is 0. The predicted octanol–water partition coefficient (Wildman–Crippen LogP) is 3.03. The molecule has 0 atom stereocenters. The van der Waals surface area contributed by atoms with Crippen LogP contribution in [0, 0.1) is 5.92 Å². The first kappa shape index (κ1) is 13.6. The van der Waals surface area contributed by atoms with Crippen LogP contribution in [0.3, 0.4) is 0 Å². The Balaban J connectivity index is 2.87. The fraction of sp³-hybridized carbons (Fsp3) is 0.500. The Bertz CT molecular complexity index is 386. The van der Waals surface area contributed by atoms with Gasteiger partial charge in [0, 0.05) is 5.69 Å². The van der Waals surface area contributed by atoms with Gasteiger partial charge in [-0.1, -0.05) is 26.0 Å². The molecule has 2 N–H and O–H groups in total. The van der Waals surface area contributed by atoms with Gasteiger partial charge in [0.1, 0.15) is 0 Å². The van der Waals surface area contributed by atoms with E-state index in [0.29, 0.717) is 23.8 Å². The van der Waals surface area contributed by atoms with Crippen LogP contribution in [-0.2, 0) is 11.2 Å². The molecule has 0 aliphatic rings. The van der Waals surface area contributed by atoms with Crippen molar-refractivity contribution in [3.63, 3.8) is 0 Å². The van der Waals surface area contributed by atoms with Crippen LogP contribution in [0.5, 0.6) is 0 Å². The van der Waals surface area contributed by atoms with Gasteiger partial charge in [-0.25, -0.2) is 4.79 Å². The number of carbonyl (C=O) groups is 1. The molecule has 0 unspecified atom stereocenters. The highest BCUT2D eigenvalue weighted by molar-refractivity contribution is 5.95. The predicted molar refractivity (Wildman–Crippen MR) is 70.0 cm³/mol. The number of benzene rings is 1. The van der Waals surface area contributed by atoms with Crippen LogP contribution >= 0.6 is 0 Å². The number of nitrogens with two attached hydrogens (primary N) is 1. The molecule has 0 fully saturated rings. The Morgan fingerprint density at radius 2 is 2.12 bits per heavy atom. The molecule has 0 heterocycles. The highest BCUT2D eigenvalue weighted by Gasteiger charge is 2.13. The van der Waals surface area contributed by atoms with Crippen LogP contribution in [0.4, 0.5) is 5.69 Å². The minimum Gasteiger partial charge on any atom is -0.462 e. The second kappa shape index (κ2) is 6.28. The lowest BCUT2D eigenvalue weighted by atomic mass is 9.99. The van der Waals surface area contributed by atoms with Gasteiger partial charge in [0.2, 0.25) is 0 Å². The minimum atomic E-state index is -0.337. The van der Waals surface area contributed by atoms with Crippen LogP contribution in [-0.4, -0.2) is 12.6 Å². The molecule has 0 aliphatic heterocycles. The smallest absolute Gasteiger partial charge is 0.340 e. The Hall–Kier alpha value is -1.51. The zero-order valence-corrected chi connectivity index (χ0v) is 10.8. The second-order valence-electron chi connectivity index (χ2n) is 4.53. The van der Waals surface area contributed by atoms with Crippen molar-refractivity contribution in [2.75, 3.05) is 12.3 Å². The molecule has 94 valence electrons. The molecular weight excluding hydrogens is 214 g/mol. The number of esters is 1. The fourth-order valence-corrected chi connectivity index (χ4v) is 1.66. The largest absolute Gasteiger partial charge is 0.462 e. The lowest BCUT2D eigenvalue weighted by molar-refractivity contribution is 0.0527. The van der Waals surface area contributed by atoms with Crippen LogP contribution in [0.1, 0.15) is 43.1 Å². The van der Waals surface area contributed by atoms with Gasteiger partial charge in [-0.2, -0.15) is 0 Å². The van der Waals surface area contributed by atoms with Crippen molar-refractivity contribution in [1.82, 2.24) is 0 Å². The number of aryl methyl sites for hydroxylation is 1. The van der Waals surface area contributed by atoms with E-state index in [1.807, 2.05) is 12.1 Å². The topological polar surface area (TPSA) is 52.3 Å². The van der Waals surface area contributed by atoms with E-state index >= 15 is 0 Å². The zero-order valence-electron chi connectivity index (χ0n) is 10.8.